The van der Waals surface area contributed by atoms with Crippen molar-refractivity contribution in [2.75, 3.05) is 13.1 Å². The Bertz CT molecular complexity index is 1320. The topological polar surface area (TPSA) is 51.0 Å². The Labute approximate surface area is 198 Å². The van der Waals surface area contributed by atoms with Gasteiger partial charge in [-0.2, -0.15) is 0 Å². The van der Waals surface area contributed by atoms with E-state index in [1.807, 2.05) is 66.6 Å². The number of likely N-dealkylation sites (tertiary alicyclic amines) is 1. The van der Waals surface area contributed by atoms with Crippen LogP contribution in [0.5, 0.6) is 0 Å². The van der Waals surface area contributed by atoms with Gasteiger partial charge in [-0.15, -0.1) is 0 Å². The molecule has 1 saturated heterocycles. The van der Waals surface area contributed by atoms with Gasteiger partial charge in [-0.1, -0.05) is 30.3 Å². The Morgan fingerprint density at radius 2 is 1.94 bits per heavy atom. The van der Waals surface area contributed by atoms with E-state index in [9.17, 15) is 9.18 Å². The summed E-state index contributed by atoms with van der Waals surface area (Å²) in [6.45, 7) is 3.99. The number of carbonyl (C=O) groups excluding carboxylic acids is 1. The van der Waals surface area contributed by atoms with E-state index in [2.05, 4.69) is 9.55 Å². The number of imidazole rings is 1. The van der Waals surface area contributed by atoms with Crippen molar-refractivity contribution in [3.8, 4) is 11.3 Å². The number of nitrogens with zero attached hydrogens (tertiary/aromatic N) is 4. The van der Waals surface area contributed by atoms with E-state index >= 15 is 0 Å². The number of hydrogen-bond donors (Lipinski definition) is 0. The molecular formula is C28H27FN4O. The van der Waals surface area contributed by atoms with E-state index < -0.39 is 0 Å². The summed E-state index contributed by atoms with van der Waals surface area (Å²) in [5, 5.41) is 0. The zero-order chi connectivity index (χ0) is 23.5. The first kappa shape index (κ1) is 22.0. The minimum atomic E-state index is -0.279. The van der Waals surface area contributed by atoms with E-state index in [0.29, 0.717) is 29.9 Å². The molecule has 3 heterocycles. The number of aryl methyl sites for hydroxylation is 1. The third kappa shape index (κ3) is 4.62. The molecule has 0 unspecified atom stereocenters. The van der Waals surface area contributed by atoms with Crippen LogP contribution in [0.15, 0.2) is 79.1 Å². The van der Waals surface area contributed by atoms with Crippen LogP contribution in [-0.4, -0.2) is 38.4 Å². The molecule has 0 spiro atoms. The first-order chi connectivity index (χ1) is 16.6. The minimum Gasteiger partial charge on any atom is -0.338 e. The van der Waals surface area contributed by atoms with E-state index in [4.69, 9.17) is 4.98 Å². The molecular weight excluding hydrogens is 427 g/mol. The summed E-state index contributed by atoms with van der Waals surface area (Å²) in [7, 11) is 0. The van der Waals surface area contributed by atoms with Gasteiger partial charge in [0.25, 0.3) is 5.91 Å². The molecule has 0 bridgehead atoms. The van der Waals surface area contributed by atoms with Gasteiger partial charge in [-0.05, 0) is 61.7 Å². The summed E-state index contributed by atoms with van der Waals surface area (Å²) < 4.78 is 16.3. The van der Waals surface area contributed by atoms with Gasteiger partial charge >= 0.3 is 0 Å². The zero-order valence-electron chi connectivity index (χ0n) is 19.2. The normalized spacial score (nSPS) is 15.9. The average molecular weight is 455 g/mol. The van der Waals surface area contributed by atoms with Gasteiger partial charge in [0, 0.05) is 54.8 Å². The van der Waals surface area contributed by atoms with Gasteiger partial charge in [0.2, 0.25) is 0 Å². The van der Waals surface area contributed by atoms with Crippen molar-refractivity contribution < 1.29 is 9.18 Å². The second-order valence-corrected chi connectivity index (χ2v) is 8.82. The number of carbonyl (C=O) groups is 1. The molecule has 0 radical (unpaired) electrons. The van der Waals surface area contributed by atoms with Crippen molar-refractivity contribution in [2.24, 2.45) is 0 Å². The third-order valence-electron chi connectivity index (χ3n) is 6.50. The number of aromatic nitrogens is 3. The average Bonchev–Trinajstić information content (AvgIpc) is 3.28. The van der Waals surface area contributed by atoms with Crippen LogP contribution in [0.25, 0.3) is 11.3 Å². The fourth-order valence-corrected chi connectivity index (χ4v) is 4.65. The van der Waals surface area contributed by atoms with Gasteiger partial charge in [0.15, 0.2) is 0 Å². The molecule has 4 aromatic rings. The molecule has 2 aromatic carbocycles. The Kier molecular flexibility index (Phi) is 6.21. The molecule has 0 N–H and O–H groups in total. The van der Waals surface area contributed by atoms with Crippen molar-refractivity contribution in [3.63, 3.8) is 0 Å². The highest BCUT2D eigenvalue weighted by Gasteiger charge is 2.26. The summed E-state index contributed by atoms with van der Waals surface area (Å²) in [4.78, 5) is 24.3. The number of halogens is 1. The van der Waals surface area contributed by atoms with Crippen LogP contribution < -0.4 is 0 Å². The number of rotatable bonds is 5. The van der Waals surface area contributed by atoms with Crippen molar-refractivity contribution in [1.29, 1.82) is 0 Å². The molecule has 34 heavy (non-hydrogen) atoms. The van der Waals surface area contributed by atoms with Gasteiger partial charge in [-0.3, -0.25) is 9.78 Å². The molecule has 5 nitrogen and oxygen atoms in total. The van der Waals surface area contributed by atoms with Gasteiger partial charge in [-0.25, -0.2) is 9.37 Å². The standard InChI is InChI=1S/C28H27FN4O/c1-20-30-14-16-32(20)18-21-7-4-8-22(17-21)28(34)33-15-6-9-23(19-33)26-12-5-13-27(31-26)24-10-2-3-11-25(24)29/h2-5,7-8,10-14,16-17,23H,6,9,15,18-19H2,1H3/t23-/m1/s1. The summed E-state index contributed by atoms with van der Waals surface area (Å²) in [5.41, 5.74) is 3.80. The maximum Gasteiger partial charge on any atom is 0.253 e. The van der Waals surface area contributed by atoms with Gasteiger partial charge in [0.05, 0.1) is 5.69 Å². The molecule has 0 aliphatic carbocycles. The molecule has 172 valence electrons. The second kappa shape index (κ2) is 9.59. The largest absolute Gasteiger partial charge is 0.338 e. The number of hydrogen-bond acceptors (Lipinski definition) is 3. The first-order valence-electron chi connectivity index (χ1n) is 11.7. The van der Waals surface area contributed by atoms with Crippen LogP contribution in [-0.2, 0) is 6.54 Å². The molecule has 6 heteroatoms. The van der Waals surface area contributed by atoms with Crippen LogP contribution >= 0.6 is 0 Å². The minimum absolute atomic E-state index is 0.0409. The van der Waals surface area contributed by atoms with E-state index in [1.165, 1.54) is 6.07 Å². The van der Waals surface area contributed by atoms with Crippen LogP contribution in [0, 0.1) is 12.7 Å². The molecule has 5 rings (SSSR count). The molecule has 0 saturated carbocycles. The van der Waals surface area contributed by atoms with Crippen molar-refractivity contribution in [3.05, 3.63) is 108 Å². The maximum absolute atomic E-state index is 14.3. The first-order valence-corrected chi connectivity index (χ1v) is 11.7. The van der Waals surface area contributed by atoms with Crippen molar-refractivity contribution in [1.82, 2.24) is 19.4 Å². The van der Waals surface area contributed by atoms with Crippen LogP contribution in [0.3, 0.4) is 0 Å². The SMILES string of the molecule is Cc1nccn1Cc1cccc(C(=O)N2CCC[C@@H](c3cccc(-c4ccccc4F)n3)C2)c1. The Balaban J connectivity index is 1.33. The van der Waals surface area contributed by atoms with E-state index in [0.717, 1.165) is 36.5 Å². The highest BCUT2D eigenvalue weighted by atomic mass is 19.1. The predicted molar refractivity (Wildman–Crippen MR) is 130 cm³/mol. The lowest BCUT2D eigenvalue weighted by atomic mass is 9.93. The van der Waals surface area contributed by atoms with Crippen molar-refractivity contribution >= 4 is 5.91 Å². The lowest BCUT2D eigenvalue weighted by molar-refractivity contribution is 0.0706. The summed E-state index contributed by atoms with van der Waals surface area (Å²) in [5.74, 6) is 0.833. The van der Waals surface area contributed by atoms with Crippen molar-refractivity contribution in [2.45, 2.75) is 32.2 Å². The number of benzene rings is 2. The molecule has 1 aliphatic rings. The zero-order valence-corrected chi connectivity index (χ0v) is 19.2. The second-order valence-electron chi connectivity index (χ2n) is 8.82. The molecule has 2 aromatic heterocycles. The smallest absolute Gasteiger partial charge is 0.253 e. The third-order valence-corrected chi connectivity index (χ3v) is 6.50. The van der Waals surface area contributed by atoms with Crippen LogP contribution in [0.1, 0.15) is 46.2 Å². The predicted octanol–water partition coefficient (Wildman–Crippen LogP) is 5.46. The maximum atomic E-state index is 14.3. The molecule has 1 atom stereocenters. The van der Waals surface area contributed by atoms with Crippen LogP contribution in [0.2, 0.25) is 0 Å². The molecule has 1 fully saturated rings. The fraction of sp³-hybridized carbons (Fsp3) is 0.250. The number of amides is 1. The number of pyridine rings is 1. The lowest BCUT2D eigenvalue weighted by Crippen LogP contribution is -2.39. The monoisotopic (exact) mass is 454 g/mol. The van der Waals surface area contributed by atoms with E-state index in [-0.39, 0.29) is 17.6 Å². The fourth-order valence-electron chi connectivity index (χ4n) is 4.65. The highest BCUT2D eigenvalue weighted by Crippen LogP contribution is 2.29. The Morgan fingerprint density at radius 1 is 1.09 bits per heavy atom. The van der Waals surface area contributed by atoms with Gasteiger partial charge < -0.3 is 9.47 Å². The van der Waals surface area contributed by atoms with E-state index in [1.54, 1.807) is 18.3 Å². The Hall–Kier alpha value is -3.80. The summed E-state index contributed by atoms with van der Waals surface area (Å²) in [6, 6.07) is 20.3. The summed E-state index contributed by atoms with van der Waals surface area (Å²) >= 11 is 0. The van der Waals surface area contributed by atoms with Crippen LogP contribution in [0.4, 0.5) is 4.39 Å². The molecule has 1 aliphatic heterocycles. The molecule has 1 amide bonds. The number of piperidine rings is 1. The lowest BCUT2D eigenvalue weighted by Gasteiger charge is -2.33. The Morgan fingerprint density at radius 3 is 2.76 bits per heavy atom. The quantitative estimate of drug-likeness (QED) is 0.402. The summed E-state index contributed by atoms with van der Waals surface area (Å²) in [6.07, 6.45) is 5.60. The highest BCUT2D eigenvalue weighted by molar-refractivity contribution is 5.94. The van der Waals surface area contributed by atoms with Gasteiger partial charge in [0.1, 0.15) is 11.6 Å².